The molecule has 0 fully saturated rings. The summed E-state index contributed by atoms with van der Waals surface area (Å²) in [7, 11) is 0. The summed E-state index contributed by atoms with van der Waals surface area (Å²) in [5.41, 5.74) is 3.17. The highest BCUT2D eigenvalue weighted by Crippen LogP contribution is 2.25. The molecule has 1 N–H and O–H groups in total. The third-order valence-corrected chi connectivity index (χ3v) is 4.55. The third-order valence-electron chi connectivity index (χ3n) is 2.72. The summed E-state index contributed by atoms with van der Waals surface area (Å²) >= 11 is 4.77. The molecule has 19 heavy (non-hydrogen) atoms. The lowest BCUT2D eigenvalue weighted by Crippen LogP contribution is -2.21. The SMILES string of the molecule is CCC(Br)C(=O)Nc1nc(-c2ccc(C)cc2)cs1. The molecule has 3 nitrogen and oxygen atoms in total. The van der Waals surface area contributed by atoms with Crippen molar-refractivity contribution in [3.8, 4) is 11.3 Å². The van der Waals surface area contributed by atoms with Gasteiger partial charge in [0.2, 0.25) is 5.91 Å². The molecule has 0 radical (unpaired) electrons. The van der Waals surface area contributed by atoms with Crippen molar-refractivity contribution in [2.24, 2.45) is 0 Å². The number of nitrogens with one attached hydrogen (secondary N) is 1. The third kappa shape index (κ3) is 3.64. The summed E-state index contributed by atoms with van der Waals surface area (Å²) in [5, 5.41) is 5.41. The number of hydrogen-bond donors (Lipinski definition) is 1. The van der Waals surface area contributed by atoms with Crippen LogP contribution in [0.3, 0.4) is 0 Å². The fourth-order valence-electron chi connectivity index (χ4n) is 1.56. The molecule has 100 valence electrons. The number of amides is 1. The van der Waals surface area contributed by atoms with Crippen molar-refractivity contribution < 1.29 is 4.79 Å². The van der Waals surface area contributed by atoms with Gasteiger partial charge in [0.1, 0.15) is 0 Å². The maximum absolute atomic E-state index is 11.7. The maximum Gasteiger partial charge on any atom is 0.239 e. The molecule has 0 saturated heterocycles. The highest BCUT2D eigenvalue weighted by atomic mass is 79.9. The zero-order chi connectivity index (χ0) is 13.8. The normalized spacial score (nSPS) is 12.2. The summed E-state index contributed by atoms with van der Waals surface area (Å²) in [6, 6.07) is 8.18. The predicted octanol–water partition coefficient (Wildman–Crippen LogP) is 4.23. The molecule has 1 unspecified atom stereocenters. The zero-order valence-corrected chi connectivity index (χ0v) is 13.2. The first kappa shape index (κ1) is 14.2. The number of aromatic nitrogens is 1. The summed E-state index contributed by atoms with van der Waals surface area (Å²) in [5.74, 6) is -0.0488. The van der Waals surface area contributed by atoms with E-state index in [-0.39, 0.29) is 10.7 Å². The number of thiazole rings is 1. The number of carbonyl (C=O) groups excluding carboxylic acids is 1. The molecule has 2 rings (SSSR count). The van der Waals surface area contributed by atoms with Crippen molar-refractivity contribution in [3.05, 3.63) is 35.2 Å². The lowest BCUT2D eigenvalue weighted by molar-refractivity contribution is -0.115. The first-order valence-corrected chi connectivity index (χ1v) is 7.87. The van der Waals surface area contributed by atoms with Crippen molar-refractivity contribution in [3.63, 3.8) is 0 Å². The van der Waals surface area contributed by atoms with Gasteiger partial charge >= 0.3 is 0 Å². The highest BCUT2D eigenvalue weighted by molar-refractivity contribution is 9.10. The van der Waals surface area contributed by atoms with E-state index in [1.807, 2.05) is 24.4 Å². The van der Waals surface area contributed by atoms with E-state index in [0.29, 0.717) is 5.13 Å². The van der Waals surface area contributed by atoms with Gasteiger partial charge in [0, 0.05) is 10.9 Å². The minimum absolute atomic E-state index is 0.0488. The van der Waals surface area contributed by atoms with Gasteiger partial charge in [-0.05, 0) is 13.3 Å². The van der Waals surface area contributed by atoms with E-state index in [2.05, 4.69) is 45.3 Å². The molecule has 5 heteroatoms. The van der Waals surface area contributed by atoms with E-state index in [0.717, 1.165) is 17.7 Å². The second-order valence-corrected chi connectivity index (χ2v) is 6.23. The molecule has 0 spiro atoms. The fraction of sp³-hybridized carbons (Fsp3) is 0.286. The molecule has 1 amide bonds. The Balaban J connectivity index is 2.11. The van der Waals surface area contributed by atoms with Crippen LogP contribution in [0.25, 0.3) is 11.3 Å². The molecular weight excluding hydrogens is 324 g/mol. The Morgan fingerprint density at radius 1 is 1.42 bits per heavy atom. The Labute approximate surface area is 125 Å². The maximum atomic E-state index is 11.7. The molecule has 1 atom stereocenters. The van der Waals surface area contributed by atoms with Gasteiger partial charge in [-0.3, -0.25) is 4.79 Å². The van der Waals surface area contributed by atoms with Crippen LogP contribution >= 0.6 is 27.3 Å². The van der Waals surface area contributed by atoms with E-state index in [4.69, 9.17) is 0 Å². The predicted molar refractivity (Wildman–Crippen MR) is 83.9 cm³/mol. The molecule has 0 saturated carbocycles. The van der Waals surface area contributed by atoms with Crippen LogP contribution < -0.4 is 5.32 Å². The number of nitrogens with zero attached hydrogens (tertiary/aromatic N) is 1. The number of benzene rings is 1. The standard InChI is InChI=1S/C14H15BrN2OS/c1-3-11(15)13(18)17-14-16-12(8-19-14)10-6-4-9(2)5-7-10/h4-8,11H,3H2,1-2H3,(H,16,17,18). The van der Waals surface area contributed by atoms with Crippen LogP contribution in [-0.2, 0) is 4.79 Å². The second kappa shape index (κ2) is 6.30. The molecule has 0 aliphatic rings. The quantitative estimate of drug-likeness (QED) is 0.847. The molecular formula is C14H15BrN2OS. The van der Waals surface area contributed by atoms with Crippen molar-refractivity contribution >= 4 is 38.3 Å². The highest BCUT2D eigenvalue weighted by Gasteiger charge is 2.14. The number of aryl methyl sites for hydroxylation is 1. The summed E-state index contributed by atoms with van der Waals surface area (Å²) < 4.78 is 0. The van der Waals surface area contributed by atoms with Crippen molar-refractivity contribution in [2.45, 2.75) is 25.1 Å². The topological polar surface area (TPSA) is 42.0 Å². The molecule has 0 bridgehead atoms. The molecule has 1 heterocycles. The average molecular weight is 339 g/mol. The van der Waals surface area contributed by atoms with Crippen LogP contribution in [-0.4, -0.2) is 15.7 Å². The van der Waals surface area contributed by atoms with Crippen LogP contribution in [0.4, 0.5) is 5.13 Å². The summed E-state index contributed by atoms with van der Waals surface area (Å²) in [4.78, 5) is 16.0. The number of rotatable bonds is 4. The van der Waals surface area contributed by atoms with E-state index in [1.54, 1.807) is 0 Å². The Bertz CT molecular complexity index is 565. The Hall–Kier alpha value is -1.20. The van der Waals surface area contributed by atoms with Gasteiger partial charge in [-0.1, -0.05) is 52.7 Å². The fourth-order valence-corrected chi connectivity index (χ4v) is 2.39. The number of anilines is 1. The van der Waals surface area contributed by atoms with Gasteiger partial charge in [0.25, 0.3) is 0 Å². The number of halogens is 1. The van der Waals surface area contributed by atoms with Gasteiger partial charge in [-0.2, -0.15) is 0 Å². The average Bonchev–Trinajstić information content (AvgIpc) is 2.87. The lowest BCUT2D eigenvalue weighted by atomic mass is 10.1. The smallest absolute Gasteiger partial charge is 0.239 e. The number of carbonyl (C=O) groups is 1. The second-order valence-electron chi connectivity index (χ2n) is 4.27. The minimum atomic E-state index is -0.167. The minimum Gasteiger partial charge on any atom is -0.301 e. The van der Waals surface area contributed by atoms with Gasteiger partial charge in [0.05, 0.1) is 10.5 Å². The molecule has 2 aromatic rings. The monoisotopic (exact) mass is 338 g/mol. The molecule has 1 aromatic heterocycles. The van der Waals surface area contributed by atoms with E-state index >= 15 is 0 Å². The van der Waals surface area contributed by atoms with E-state index in [1.165, 1.54) is 16.9 Å². The van der Waals surface area contributed by atoms with Crippen LogP contribution in [0, 0.1) is 6.92 Å². The van der Waals surface area contributed by atoms with Crippen LogP contribution in [0.15, 0.2) is 29.6 Å². The van der Waals surface area contributed by atoms with Crippen LogP contribution in [0.1, 0.15) is 18.9 Å². The summed E-state index contributed by atoms with van der Waals surface area (Å²) in [6.45, 7) is 4.01. The van der Waals surface area contributed by atoms with Crippen LogP contribution in [0.5, 0.6) is 0 Å². The first-order valence-electron chi connectivity index (χ1n) is 6.07. The van der Waals surface area contributed by atoms with Gasteiger partial charge < -0.3 is 5.32 Å². The molecule has 0 aliphatic heterocycles. The van der Waals surface area contributed by atoms with E-state index < -0.39 is 0 Å². The number of hydrogen-bond acceptors (Lipinski definition) is 3. The Morgan fingerprint density at radius 2 is 2.11 bits per heavy atom. The Morgan fingerprint density at radius 3 is 2.74 bits per heavy atom. The largest absolute Gasteiger partial charge is 0.301 e. The van der Waals surface area contributed by atoms with Gasteiger partial charge in [0.15, 0.2) is 5.13 Å². The molecule has 0 aliphatic carbocycles. The lowest BCUT2D eigenvalue weighted by Gasteiger charge is -2.05. The van der Waals surface area contributed by atoms with Crippen molar-refractivity contribution in [1.82, 2.24) is 4.98 Å². The molecule has 1 aromatic carbocycles. The zero-order valence-electron chi connectivity index (χ0n) is 10.8. The van der Waals surface area contributed by atoms with Crippen molar-refractivity contribution in [2.75, 3.05) is 5.32 Å². The van der Waals surface area contributed by atoms with Crippen molar-refractivity contribution in [1.29, 1.82) is 0 Å². The number of alkyl halides is 1. The first-order chi connectivity index (χ1) is 9.10. The van der Waals surface area contributed by atoms with Crippen LogP contribution in [0.2, 0.25) is 0 Å². The summed E-state index contributed by atoms with van der Waals surface area (Å²) in [6.07, 6.45) is 0.752. The van der Waals surface area contributed by atoms with E-state index in [9.17, 15) is 4.79 Å². The van der Waals surface area contributed by atoms with Gasteiger partial charge in [-0.25, -0.2) is 4.98 Å². The van der Waals surface area contributed by atoms with Gasteiger partial charge in [-0.15, -0.1) is 11.3 Å². The Kier molecular flexibility index (Phi) is 4.71.